The number of halogens is 1. The molecule has 1 heterocycles. The lowest BCUT2D eigenvalue weighted by Gasteiger charge is -2.31. The topological polar surface area (TPSA) is 66.5 Å². The second-order valence-corrected chi connectivity index (χ2v) is 9.75. The van der Waals surface area contributed by atoms with E-state index in [1.54, 1.807) is 24.3 Å². The van der Waals surface area contributed by atoms with Crippen molar-refractivity contribution < 1.29 is 17.6 Å². The second kappa shape index (κ2) is 9.16. The van der Waals surface area contributed by atoms with E-state index in [4.69, 9.17) is 0 Å². The summed E-state index contributed by atoms with van der Waals surface area (Å²) in [6, 6.07) is 18.9. The maximum atomic E-state index is 13.4. The molecule has 1 N–H and O–H groups in total. The lowest BCUT2D eigenvalue weighted by molar-refractivity contribution is -0.126. The van der Waals surface area contributed by atoms with Crippen LogP contribution < -0.4 is 5.32 Å². The number of nitrogens with zero attached hydrogens (tertiary/aromatic N) is 1. The third kappa shape index (κ3) is 4.78. The van der Waals surface area contributed by atoms with Crippen molar-refractivity contribution >= 4 is 26.7 Å². The molecular weight excluding hydrogens is 415 g/mol. The fourth-order valence-corrected chi connectivity index (χ4v) is 5.80. The van der Waals surface area contributed by atoms with Gasteiger partial charge in [0.2, 0.25) is 15.9 Å². The largest absolute Gasteiger partial charge is 0.355 e. The molecule has 4 rings (SSSR count). The van der Waals surface area contributed by atoms with Gasteiger partial charge in [-0.2, -0.15) is 4.31 Å². The van der Waals surface area contributed by atoms with Crippen LogP contribution in [0.2, 0.25) is 0 Å². The van der Waals surface area contributed by atoms with Gasteiger partial charge in [0.1, 0.15) is 5.82 Å². The molecule has 1 aliphatic rings. The molecule has 1 atom stereocenters. The molecule has 0 aromatic heterocycles. The highest BCUT2D eigenvalue weighted by Gasteiger charge is 2.33. The van der Waals surface area contributed by atoms with Gasteiger partial charge in [-0.25, -0.2) is 12.8 Å². The van der Waals surface area contributed by atoms with Crippen LogP contribution >= 0.6 is 0 Å². The van der Waals surface area contributed by atoms with Gasteiger partial charge in [0.05, 0.1) is 10.8 Å². The molecule has 0 spiro atoms. The van der Waals surface area contributed by atoms with Crippen molar-refractivity contribution in [1.82, 2.24) is 9.62 Å². The van der Waals surface area contributed by atoms with Crippen LogP contribution in [-0.2, 0) is 21.2 Å². The molecular formula is C24H25FN2O3S. The van der Waals surface area contributed by atoms with Gasteiger partial charge in [-0.15, -0.1) is 0 Å². The highest BCUT2D eigenvalue weighted by molar-refractivity contribution is 7.89. The van der Waals surface area contributed by atoms with Gasteiger partial charge >= 0.3 is 0 Å². The van der Waals surface area contributed by atoms with Crippen molar-refractivity contribution in [3.05, 3.63) is 78.1 Å². The monoisotopic (exact) mass is 440 g/mol. The number of fused-ring (bicyclic) bond motifs is 1. The Kier molecular flexibility index (Phi) is 6.34. The van der Waals surface area contributed by atoms with Gasteiger partial charge < -0.3 is 5.32 Å². The van der Waals surface area contributed by atoms with Crippen LogP contribution in [0.15, 0.2) is 71.6 Å². The van der Waals surface area contributed by atoms with E-state index in [0.717, 1.165) is 10.9 Å². The van der Waals surface area contributed by atoms with Gasteiger partial charge in [-0.05, 0) is 48.4 Å². The fraction of sp³-hybridized carbons (Fsp3) is 0.292. The van der Waals surface area contributed by atoms with Gasteiger partial charge in [-0.1, -0.05) is 48.5 Å². The Labute approximate surface area is 181 Å². The van der Waals surface area contributed by atoms with Crippen molar-refractivity contribution in [3.63, 3.8) is 0 Å². The van der Waals surface area contributed by atoms with E-state index >= 15 is 0 Å². The molecule has 1 saturated heterocycles. The summed E-state index contributed by atoms with van der Waals surface area (Å²) in [5, 5.41) is 4.46. The molecule has 1 aliphatic heterocycles. The van der Waals surface area contributed by atoms with Crippen LogP contribution in [-0.4, -0.2) is 38.3 Å². The predicted octanol–water partition coefficient (Wildman–Crippen LogP) is 3.74. The first-order valence-electron chi connectivity index (χ1n) is 10.5. The van der Waals surface area contributed by atoms with E-state index in [-0.39, 0.29) is 29.1 Å². The number of benzene rings is 3. The third-order valence-corrected chi connectivity index (χ3v) is 7.67. The zero-order chi connectivity index (χ0) is 21.8. The van der Waals surface area contributed by atoms with Crippen LogP contribution in [0.25, 0.3) is 10.8 Å². The molecule has 7 heteroatoms. The number of piperidine rings is 1. The summed E-state index contributed by atoms with van der Waals surface area (Å²) in [5.41, 5.74) is 0.936. The SMILES string of the molecule is O=C(NCCc1ccc(F)cc1)[C@H]1CCCN(S(=O)(=O)c2cccc3ccccc23)C1. The first kappa shape index (κ1) is 21.5. The van der Waals surface area contributed by atoms with Crippen LogP contribution in [0.3, 0.4) is 0 Å². The van der Waals surface area contributed by atoms with Gasteiger partial charge in [0.15, 0.2) is 0 Å². The average Bonchev–Trinajstić information content (AvgIpc) is 2.80. The summed E-state index contributed by atoms with van der Waals surface area (Å²) in [6.07, 6.45) is 1.89. The molecule has 162 valence electrons. The summed E-state index contributed by atoms with van der Waals surface area (Å²) >= 11 is 0. The van der Waals surface area contributed by atoms with E-state index in [1.807, 2.05) is 30.3 Å². The Bertz CT molecular complexity index is 1170. The predicted molar refractivity (Wildman–Crippen MR) is 119 cm³/mol. The molecule has 0 radical (unpaired) electrons. The van der Waals surface area contributed by atoms with Crippen molar-refractivity contribution in [3.8, 4) is 0 Å². The minimum atomic E-state index is -3.70. The number of rotatable bonds is 6. The summed E-state index contributed by atoms with van der Waals surface area (Å²) in [6.45, 7) is 1.01. The fourth-order valence-electron chi connectivity index (χ4n) is 4.06. The van der Waals surface area contributed by atoms with E-state index < -0.39 is 10.0 Å². The Hall–Kier alpha value is -2.77. The number of hydrogen-bond acceptors (Lipinski definition) is 3. The van der Waals surface area contributed by atoms with Crippen molar-refractivity contribution in [2.45, 2.75) is 24.2 Å². The smallest absolute Gasteiger partial charge is 0.243 e. The van der Waals surface area contributed by atoms with E-state index in [1.165, 1.54) is 16.4 Å². The Morgan fingerprint density at radius 2 is 1.77 bits per heavy atom. The molecule has 0 saturated carbocycles. The summed E-state index contributed by atoms with van der Waals surface area (Å²) < 4.78 is 41.2. The highest BCUT2D eigenvalue weighted by Crippen LogP contribution is 2.29. The van der Waals surface area contributed by atoms with Gasteiger partial charge in [0.25, 0.3) is 0 Å². The summed E-state index contributed by atoms with van der Waals surface area (Å²) in [5.74, 6) is -0.811. The first-order chi connectivity index (χ1) is 14.9. The molecule has 1 amide bonds. The molecule has 31 heavy (non-hydrogen) atoms. The molecule has 5 nitrogen and oxygen atoms in total. The number of hydrogen-bond donors (Lipinski definition) is 1. The van der Waals surface area contributed by atoms with Crippen molar-refractivity contribution in [1.29, 1.82) is 0 Å². The summed E-state index contributed by atoms with van der Waals surface area (Å²) in [7, 11) is -3.70. The van der Waals surface area contributed by atoms with Crippen LogP contribution in [0.1, 0.15) is 18.4 Å². The number of amides is 1. The number of carbonyl (C=O) groups excluding carboxylic acids is 1. The van der Waals surface area contributed by atoms with Crippen LogP contribution in [0, 0.1) is 11.7 Å². The lowest BCUT2D eigenvalue weighted by atomic mass is 9.99. The van der Waals surface area contributed by atoms with Crippen molar-refractivity contribution in [2.24, 2.45) is 5.92 Å². The van der Waals surface area contributed by atoms with Crippen LogP contribution in [0.5, 0.6) is 0 Å². The number of sulfonamides is 1. The Morgan fingerprint density at radius 1 is 1.03 bits per heavy atom. The highest BCUT2D eigenvalue weighted by atomic mass is 32.2. The van der Waals surface area contributed by atoms with Gasteiger partial charge in [-0.3, -0.25) is 4.79 Å². The minimum Gasteiger partial charge on any atom is -0.355 e. The Balaban J connectivity index is 1.42. The summed E-state index contributed by atoms with van der Waals surface area (Å²) in [4.78, 5) is 13.0. The third-order valence-electron chi connectivity index (χ3n) is 5.75. The van der Waals surface area contributed by atoms with Crippen LogP contribution in [0.4, 0.5) is 4.39 Å². The number of carbonyl (C=O) groups is 1. The normalized spacial score (nSPS) is 17.5. The zero-order valence-corrected chi connectivity index (χ0v) is 17.9. The maximum absolute atomic E-state index is 13.4. The lowest BCUT2D eigenvalue weighted by Crippen LogP contribution is -2.45. The standard InChI is InChI=1S/C24H25FN2O3S/c25-21-12-10-18(11-13-21)14-15-26-24(28)20-7-4-16-27(17-20)31(29,30)23-9-3-6-19-5-1-2-8-22(19)23/h1-3,5-6,8-13,20H,4,7,14-17H2,(H,26,28)/t20-/m0/s1. The molecule has 3 aromatic rings. The average molecular weight is 441 g/mol. The van der Waals surface area contributed by atoms with E-state index in [9.17, 15) is 17.6 Å². The Morgan fingerprint density at radius 3 is 2.58 bits per heavy atom. The van der Waals surface area contributed by atoms with Crippen molar-refractivity contribution in [2.75, 3.05) is 19.6 Å². The van der Waals surface area contributed by atoms with E-state index in [2.05, 4.69) is 5.32 Å². The maximum Gasteiger partial charge on any atom is 0.243 e. The second-order valence-electron chi connectivity index (χ2n) is 7.85. The molecule has 0 bridgehead atoms. The molecule has 1 fully saturated rings. The first-order valence-corrected chi connectivity index (χ1v) is 11.9. The van der Waals surface area contributed by atoms with Gasteiger partial charge in [0, 0.05) is 25.0 Å². The van der Waals surface area contributed by atoms with E-state index in [0.29, 0.717) is 37.7 Å². The molecule has 3 aromatic carbocycles. The zero-order valence-electron chi connectivity index (χ0n) is 17.1. The minimum absolute atomic E-state index is 0.139. The molecule has 0 aliphatic carbocycles. The molecule has 0 unspecified atom stereocenters. The number of nitrogens with one attached hydrogen (secondary N) is 1. The quantitative estimate of drug-likeness (QED) is 0.635.